The van der Waals surface area contributed by atoms with Gasteiger partial charge in [0.2, 0.25) is 0 Å². The van der Waals surface area contributed by atoms with E-state index in [0.29, 0.717) is 0 Å². The predicted octanol–water partition coefficient (Wildman–Crippen LogP) is 4.69. The first kappa shape index (κ1) is 13.4. The van der Waals surface area contributed by atoms with E-state index in [4.69, 9.17) is 0 Å². The Morgan fingerprint density at radius 2 is 1.62 bits per heavy atom. The lowest BCUT2D eigenvalue weighted by atomic mass is 9.94. The third kappa shape index (κ3) is 8.67. The van der Waals surface area contributed by atoms with Crippen LogP contribution in [0.15, 0.2) is 0 Å². The van der Waals surface area contributed by atoms with Gasteiger partial charge in [-0.25, -0.2) is 0 Å². The van der Waals surface area contributed by atoms with Gasteiger partial charge in [-0.2, -0.15) is 12.6 Å². The quantitative estimate of drug-likeness (QED) is 0.407. The average molecular weight is 202 g/mol. The van der Waals surface area contributed by atoms with Crippen LogP contribution in [0.5, 0.6) is 0 Å². The number of hydrogen-bond donors (Lipinski definition) is 1. The molecule has 0 spiro atoms. The third-order valence-electron chi connectivity index (χ3n) is 2.81. The van der Waals surface area contributed by atoms with Crippen molar-refractivity contribution in [3.05, 3.63) is 0 Å². The van der Waals surface area contributed by atoms with Crippen molar-refractivity contribution in [2.75, 3.05) is 5.75 Å². The van der Waals surface area contributed by atoms with Gasteiger partial charge in [-0.1, -0.05) is 52.4 Å². The molecule has 1 atom stereocenters. The second kappa shape index (κ2) is 10.4. The summed E-state index contributed by atoms with van der Waals surface area (Å²) >= 11 is 4.26. The SMILES string of the molecule is CCCCCCC(CC)CCCS. The largest absolute Gasteiger partial charge is 0.179 e. The Morgan fingerprint density at radius 1 is 0.923 bits per heavy atom. The fourth-order valence-electron chi connectivity index (χ4n) is 1.79. The van der Waals surface area contributed by atoms with E-state index in [1.54, 1.807) is 0 Å². The number of thiol groups is 1. The van der Waals surface area contributed by atoms with Gasteiger partial charge in [0.25, 0.3) is 0 Å². The molecule has 0 aliphatic carbocycles. The van der Waals surface area contributed by atoms with E-state index in [-0.39, 0.29) is 0 Å². The molecule has 0 fully saturated rings. The Morgan fingerprint density at radius 3 is 2.15 bits per heavy atom. The van der Waals surface area contributed by atoms with Crippen molar-refractivity contribution in [2.45, 2.75) is 65.2 Å². The maximum absolute atomic E-state index is 4.26. The van der Waals surface area contributed by atoms with Gasteiger partial charge in [0.05, 0.1) is 0 Å². The molecule has 0 aromatic heterocycles. The molecule has 80 valence electrons. The molecule has 1 heteroatoms. The molecule has 0 aromatic carbocycles. The average Bonchev–Trinajstić information content (AvgIpc) is 2.17. The van der Waals surface area contributed by atoms with Gasteiger partial charge >= 0.3 is 0 Å². The molecule has 0 aliphatic rings. The smallest absolute Gasteiger partial charge is 0.00978 e. The molecule has 13 heavy (non-hydrogen) atoms. The Hall–Kier alpha value is 0.350. The highest BCUT2D eigenvalue weighted by atomic mass is 32.1. The summed E-state index contributed by atoms with van der Waals surface area (Å²) < 4.78 is 0. The van der Waals surface area contributed by atoms with Gasteiger partial charge in [-0.3, -0.25) is 0 Å². The molecule has 0 saturated carbocycles. The highest BCUT2D eigenvalue weighted by Gasteiger charge is 2.04. The summed E-state index contributed by atoms with van der Waals surface area (Å²) in [6.45, 7) is 4.60. The van der Waals surface area contributed by atoms with Crippen LogP contribution in [-0.2, 0) is 0 Å². The predicted molar refractivity (Wildman–Crippen MR) is 65.6 cm³/mol. The monoisotopic (exact) mass is 202 g/mol. The lowest BCUT2D eigenvalue weighted by Crippen LogP contribution is -1.99. The van der Waals surface area contributed by atoms with Crippen molar-refractivity contribution in [1.29, 1.82) is 0 Å². The van der Waals surface area contributed by atoms with Crippen LogP contribution < -0.4 is 0 Å². The lowest BCUT2D eigenvalue weighted by Gasteiger charge is -2.13. The van der Waals surface area contributed by atoms with Crippen molar-refractivity contribution in [3.63, 3.8) is 0 Å². The molecule has 0 nitrogen and oxygen atoms in total. The molecule has 0 aromatic rings. The fourth-order valence-corrected chi connectivity index (χ4v) is 1.97. The van der Waals surface area contributed by atoms with Crippen LogP contribution in [-0.4, -0.2) is 5.75 Å². The summed E-state index contributed by atoms with van der Waals surface area (Å²) in [5.41, 5.74) is 0. The van der Waals surface area contributed by atoms with Crippen LogP contribution in [0.4, 0.5) is 0 Å². The van der Waals surface area contributed by atoms with Crippen molar-refractivity contribution in [3.8, 4) is 0 Å². The number of rotatable bonds is 9. The summed E-state index contributed by atoms with van der Waals surface area (Å²) in [4.78, 5) is 0. The van der Waals surface area contributed by atoms with Crippen LogP contribution in [0.1, 0.15) is 65.2 Å². The van der Waals surface area contributed by atoms with Crippen molar-refractivity contribution < 1.29 is 0 Å². The summed E-state index contributed by atoms with van der Waals surface area (Å²) in [5, 5.41) is 0. The molecular weight excluding hydrogens is 176 g/mol. The molecule has 0 bridgehead atoms. The Kier molecular flexibility index (Phi) is 10.7. The summed E-state index contributed by atoms with van der Waals surface area (Å²) in [6, 6.07) is 0. The number of hydrogen-bond acceptors (Lipinski definition) is 1. The zero-order valence-electron chi connectivity index (χ0n) is 9.39. The van der Waals surface area contributed by atoms with E-state index in [1.165, 1.54) is 51.4 Å². The van der Waals surface area contributed by atoms with Crippen molar-refractivity contribution in [2.24, 2.45) is 5.92 Å². The van der Waals surface area contributed by atoms with Crippen molar-refractivity contribution >= 4 is 12.6 Å². The topological polar surface area (TPSA) is 0 Å². The van der Waals surface area contributed by atoms with Crippen molar-refractivity contribution in [1.82, 2.24) is 0 Å². The molecule has 0 saturated heterocycles. The minimum Gasteiger partial charge on any atom is -0.179 e. The molecule has 0 aliphatic heterocycles. The zero-order valence-corrected chi connectivity index (χ0v) is 10.3. The molecule has 0 heterocycles. The van der Waals surface area contributed by atoms with Gasteiger partial charge in [0.15, 0.2) is 0 Å². The summed E-state index contributed by atoms with van der Waals surface area (Å²) in [5.74, 6) is 2.04. The van der Waals surface area contributed by atoms with Gasteiger partial charge < -0.3 is 0 Å². The maximum Gasteiger partial charge on any atom is -0.00978 e. The first-order valence-electron chi connectivity index (χ1n) is 5.96. The Bertz CT molecular complexity index is 91.1. The summed E-state index contributed by atoms with van der Waals surface area (Å²) in [6.07, 6.45) is 11.2. The minimum atomic E-state index is 0.976. The first-order valence-corrected chi connectivity index (χ1v) is 6.59. The second-order valence-corrected chi connectivity index (χ2v) is 4.44. The molecule has 0 radical (unpaired) electrons. The normalized spacial score (nSPS) is 13.2. The second-order valence-electron chi connectivity index (χ2n) is 3.99. The minimum absolute atomic E-state index is 0.976. The van der Waals surface area contributed by atoms with E-state index in [1.807, 2.05) is 0 Å². The fraction of sp³-hybridized carbons (Fsp3) is 1.00. The highest BCUT2D eigenvalue weighted by molar-refractivity contribution is 7.80. The lowest BCUT2D eigenvalue weighted by molar-refractivity contribution is 0.411. The Labute approximate surface area is 89.9 Å². The van der Waals surface area contributed by atoms with E-state index < -0.39 is 0 Å². The zero-order chi connectivity index (χ0) is 9.94. The van der Waals surface area contributed by atoms with Gasteiger partial charge in [-0.15, -0.1) is 0 Å². The van der Waals surface area contributed by atoms with Gasteiger partial charge in [0, 0.05) is 0 Å². The highest BCUT2D eigenvalue weighted by Crippen LogP contribution is 2.19. The van der Waals surface area contributed by atoms with E-state index in [2.05, 4.69) is 26.5 Å². The molecule has 0 rings (SSSR count). The van der Waals surface area contributed by atoms with E-state index in [9.17, 15) is 0 Å². The molecule has 0 amide bonds. The van der Waals surface area contributed by atoms with Gasteiger partial charge in [0.1, 0.15) is 0 Å². The maximum atomic E-state index is 4.26. The van der Waals surface area contributed by atoms with Crippen LogP contribution in [0.25, 0.3) is 0 Å². The van der Waals surface area contributed by atoms with Crippen LogP contribution in [0.3, 0.4) is 0 Å². The summed E-state index contributed by atoms with van der Waals surface area (Å²) in [7, 11) is 0. The van der Waals surface area contributed by atoms with Crippen LogP contribution in [0, 0.1) is 5.92 Å². The van der Waals surface area contributed by atoms with Crippen LogP contribution >= 0.6 is 12.6 Å². The first-order chi connectivity index (χ1) is 6.35. The van der Waals surface area contributed by atoms with E-state index in [0.717, 1.165) is 11.7 Å². The molecular formula is C12H26S. The standard InChI is InChI=1S/C12H26S/c1-3-5-6-7-9-12(4-2)10-8-11-13/h12-13H,3-11H2,1-2H3. The Balaban J connectivity index is 3.25. The van der Waals surface area contributed by atoms with Gasteiger partial charge in [-0.05, 0) is 24.5 Å². The molecule has 0 N–H and O–H groups in total. The number of unbranched alkanes of at least 4 members (excludes halogenated alkanes) is 3. The molecule has 1 unspecified atom stereocenters. The van der Waals surface area contributed by atoms with E-state index >= 15 is 0 Å². The van der Waals surface area contributed by atoms with Crippen LogP contribution in [0.2, 0.25) is 0 Å². The third-order valence-corrected chi connectivity index (χ3v) is 3.13.